The van der Waals surface area contributed by atoms with Crippen molar-refractivity contribution in [1.82, 2.24) is 4.98 Å². The van der Waals surface area contributed by atoms with Crippen LogP contribution in [0.1, 0.15) is 20.9 Å². The van der Waals surface area contributed by atoms with E-state index in [0.29, 0.717) is 17.0 Å². The molecule has 2 aromatic heterocycles. The molecule has 0 spiro atoms. The lowest BCUT2D eigenvalue weighted by Gasteiger charge is -1.97. The Labute approximate surface area is 124 Å². The average molecular weight is 301 g/mol. The summed E-state index contributed by atoms with van der Waals surface area (Å²) in [6, 6.07) is 3.36. The summed E-state index contributed by atoms with van der Waals surface area (Å²) >= 11 is 1.58. The monoisotopic (exact) mass is 301 g/mol. The fraction of sp³-hybridized carbons (Fsp3) is 0.143. The first-order chi connectivity index (χ1) is 9.95. The molecule has 3 rings (SSSR count). The maximum Gasteiger partial charge on any atom is 0.288 e. The van der Waals surface area contributed by atoms with E-state index >= 15 is 0 Å². The van der Waals surface area contributed by atoms with Gasteiger partial charge in [-0.3, -0.25) is 14.9 Å². The van der Waals surface area contributed by atoms with E-state index in [4.69, 9.17) is 0 Å². The average Bonchev–Trinajstić information content (AvgIpc) is 2.90. The van der Waals surface area contributed by atoms with Crippen LogP contribution in [0.3, 0.4) is 0 Å². The van der Waals surface area contributed by atoms with Gasteiger partial charge in [-0.2, -0.15) is 0 Å². The van der Waals surface area contributed by atoms with Crippen molar-refractivity contribution in [3.63, 3.8) is 0 Å². The molecule has 1 aliphatic rings. The number of carbonyl (C=O) groups excluding carboxylic acids is 1. The maximum atomic E-state index is 12.0. The van der Waals surface area contributed by atoms with Crippen LogP contribution in [0.25, 0.3) is 11.6 Å². The molecule has 0 bridgehead atoms. The fourth-order valence-electron chi connectivity index (χ4n) is 2.11. The SMILES string of the molecule is Cc1cc(C=C2C(=O)Nc3ncc([N+](=O)[O-])cc32)sc1C. The van der Waals surface area contributed by atoms with E-state index < -0.39 is 4.92 Å². The van der Waals surface area contributed by atoms with Crippen molar-refractivity contribution >= 4 is 40.4 Å². The second-order valence-electron chi connectivity index (χ2n) is 4.75. The minimum Gasteiger partial charge on any atom is -0.306 e. The lowest BCUT2D eigenvalue weighted by molar-refractivity contribution is -0.385. The number of aryl methyl sites for hydroxylation is 2. The summed E-state index contributed by atoms with van der Waals surface area (Å²) in [5.74, 6) is 0.0727. The van der Waals surface area contributed by atoms with Crippen LogP contribution in [-0.4, -0.2) is 15.8 Å². The number of carbonyl (C=O) groups is 1. The van der Waals surface area contributed by atoms with Crippen LogP contribution < -0.4 is 5.32 Å². The summed E-state index contributed by atoms with van der Waals surface area (Å²) in [4.78, 5) is 28.4. The molecular weight excluding hydrogens is 290 g/mol. The predicted octanol–water partition coefficient (Wildman–Crippen LogP) is 3.16. The molecule has 0 saturated heterocycles. The third kappa shape index (κ3) is 2.31. The molecule has 21 heavy (non-hydrogen) atoms. The highest BCUT2D eigenvalue weighted by Crippen LogP contribution is 2.35. The molecule has 0 radical (unpaired) electrons. The van der Waals surface area contributed by atoms with Gasteiger partial charge < -0.3 is 5.32 Å². The van der Waals surface area contributed by atoms with Crippen LogP contribution in [0, 0.1) is 24.0 Å². The van der Waals surface area contributed by atoms with Gasteiger partial charge in [0.05, 0.1) is 10.5 Å². The first kappa shape index (κ1) is 13.4. The minimum absolute atomic E-state index is 0.130. The molecule has 0 unspecified atom stereocenters. The molecular formula is C14H11N3O3S. The Morgan fingerprint density at radius 1 is 1.38 bits per heavy atom. The van der Waals surface area contributed by atoms with E-state index in [1.54, 1.807) is 17.4 Å². The molecule has 0 atom stereocenters. The van der Waals surface area contributed by atoms with Crippen LogP contribution >= 0.6 is 11.3 Å². The van der Waals surface area contributed by atoms with Gasteiger partial charge in [0.2, 0.25) is 0 Å². The number of aromatic nitrogens is 1. The summed E-state index contributed by atoms with van der Waals surface area (Å²) in [6.07, 6.45) is 2.89. The molecule has 0 aromatic carbocycles. The van der Waals surface area contributed by atoms with Gasteiger partial charge in [0.15, 0.2) is 0 Å². The summed E-state index contributed by atoms with van der Waals surface area (Å²) in [5, 5.41) is 13.5. The third-order valence-corrected chi connectivity index (χ3v) is 4.42. The normalized spacial score (nSPS) is 15.1. The molecule has 7 heteroatoms. The second kappa shape index (κ2) is 4.78. The number of hydrogen-bond donors (Lipinski definition) is 1. The van der Waals surface area contributed by atoms with Gasteiger partial charge in [-0.25, -0.2) is 4.98 Å². The summed E-state index contributed by atoms with van der Waals surface area (Å²) in [6.45, 7) is 4.01. The van der Waals surface area contributed by atoms with Crippen molar-refractivity contribution in [2.24, 2.45) is 0 Å². The van der Waals surface area contributed by atoms with Gasteiger partial charge in [-0.15, -0.1) is 11.3 Å². The van der Waals surface area contributed by atoms with Gasteiger partial charge >= 0.3 is 0 Å². The Kier molecular flexibility index (Phi) is 3.06. The van der Waals surface area contributed by atoms with Crippen molar-refractivity contribution in [2.75, 3.05) is 5.32 Å². The highest BCUT2D eigenvalue weighted by Gasteiger charge is 2.27. The minimum atomic E-state index is -0.521. The molecule has 106 valence electrons. The number of thiophene rings is 1. The van der Waals surface area contributed by atoms with Crippen LogP contribution in [0.5, 0.6) is 0 Å². The first-order valence-electron chi connectivity index (χ1n) is 6.20. The maximum absolute atomic E-state index is 12.0. The van der Waals surface area contributed by atoms with E-state index in [0.717, 1.165) is 16.6 Å². The molecule has 0 aliphatic carbocycles. The fourth-order valence-corrected chi connectivity index (χ4v) is 3.10. The summed E-state index contributed by atoms with van der Waals surface area (Å²) in [7, 11) is 0. The quantitative estimate of drug-likeness (QED) is 0.524. The summed E-state index contributed by atoms with van der Waals surface area (Å²) < 4.78 is 0. The van der Waals surface area contributed by atoms with Crippen LogP contribution in [0.15, 0.2) is 18.3 Å². The number of pyridine rings is 1. The molecule has 0 fully saturated rings. The predicted molar refractivity (Wildman–Crippen MR) is 81.2 cm³/mol. The summed E-state index contributed by atoms with van der Waals surface area (Å²) in [5.41, 5.74) is 1.90. The number of amides is 1. The molecule has 0 saturated carbocycles. The van der Waals surface area contributed by atoms with Crippen LogP contribution in [-0.2, 0) is 4.79 Å². The van der Waals surface area contributed by atoms with E-state index in [9.17, 15) is 14.9 Å². The molecule has 1 amide bonds. The van der Waals surface area contributed by atoms with Gasteiger partial charge in [0.25, 0.3) is 11.6 Å². The number of hydrogen-bond acceptors (Lipinski definition) is 5. The Hall–Kier alpha value is -2.54. The molecule has 1 N–H and O–H groups in total. The van der Waals surface area contributed by atoms with Crippen molar-refractivity contribution in [3.05, 3.63) is 49.3 Å². The van der Waals surface area contributed by atoms with E-state index in [2.05, 4.69) is 10.3 Å². The molecule has 6 nitrogen and oxygen atoms in total. The van der Waals surface area contributed by atoms with E-state index in [1.807, 2.05) is 19.9 Å². The van der Waals surface area contributed by atoms with Crippen LogP contribution in [0.4, 0.5) is 11.5 Å². The van der Waals surface area contributed by atoms with Gasteiger partial charge in [0, 0.05) is 21.4 Å². The highest BCUT2D eigenvalue weighted by molar-refractivity contribution is 7.13. The van der Waals surface area contributed by atoms with E-state index in [-0.39, 0.29) is 11.6 Å². The van der Waals surface area contributed by atoms with Gasteiger partial charge in [-0.05, 0) is 31.6 Å². The number of fused-ring (bicyclic) bond motifs is 1. The number of rotatable bonds is 2. The zero-order valence-corrected chi connectivity index (χ0v) is 12.2. The Morgan fingerprint density at radius 2 is 2.14 bits per heavy atom. The number of nitrogens with zero attached hydrogens (tertiary/aromatic N) is 2. The topological polar surface area (TPSA) is 85.1 Å². The lowest BCUT2D eigenvalue weighted by atomic mass is 10.1. The number of anilines is 1. The van der Waals surface area contributed by atoms with Crippen molar-refractivity contribution in [2.45, 2.75) is 13.8 Å². The third-order valence-electron chi connectivity index (χ3n) is 3.32. The largest absolute Gasteiger partial charge is 0.306 e. The van der Waals surface area contributed by atoms with Crippen LogP contribution in [0.2, 0.25) is 0 Å². The standard InChI is InChI=1S/C14H11N3O3S/c1-7-3-10(21-8(7)2)5-12-11-4-9(17(19)20)6-15-13(11)16-14(12)18/h3-6H,1-2H3,(H,15,16,18). The molecule has 1 aliphatic heterocycles. The Bertz CT molecular complexity index is 788. The Morgan fingerprint density at radius 3 is 2.76 bits per heavy atom. The van der Waals surface area contributed by atoms with E-state index in [1.165, 1.54) is 10.9 Å². The van der Waals surface area contributed by atoms with Crippen molar-refractivity contribution in [3.8, 4) is 0 Å². The smallest absolute Gasteiger partial charge is 0.288 e. The first-order valence-corrected chi connectivity index (χ1v) is 7.02. The Balaban J connectivity index is 2.11. The second-order valence-corrected chi connectivity index (χ2v) is 6.03. The molecule has 2 aromatic rings. The zero-order valence-electron chi connectivity index (χ0n) is 11.3. The lowest BCUT2D eigenvalue weighted by Crippen LogP contribution is -2.04. The molecule has 3 heterocycles. The number of nitro groups is 1. The highest BCUT2D eigenvalue weighted by atomic mass is 32.1. The zero-order chi connectivity index (χ0) is 15.1. The van der Waals surface area contributed by atoms with Crippen molar-refractivity contribution in [1.29, 1.82) is 0 Å². The number of nitrogens with one attached hydrogen (secondary N) is 1. The van der Waals surface area contributed by atoms with Crippen molar-refractivity contribution < 1.29 is 9.72 Å². The van der Waals surface area contributed by atoms with Gasteiger partial charge in [0.1, 0.15) is 12.0 Å². The van der Waals surface area contributed by atoms with Gasteiger partial charge in [-0.1, -0.05) is 0 Å².